The molecule has 7 nitrogen and oxygen atoms in total. The Hall–Kier alpha value is -1.15. The van der Waals surface area contributed by atoms with Crippen molar-refractivity contribution >= 4 is 21.9 Å². The third-order valence-electron chi connectivity index (χ3n) is 4.83. The lowest BCUT2D eigenvalue weighted by molar-refractivity contribution is -0.141. The average molecular weight is 346 g/mol. The highest BCUT2D eigenvalue weighted by Crippen LogP contribution is 2.26. The summed E-state index contributed by atoms with van der Waals surface area (Å²) in [5, 5.41) is 11.6. The Kier molecular flexibility index (Phi) is 6.02. The molecule has 1 amide bonds. The van der Waals surface area contributed by atoms with Gasteiger partial charge in [0.1, 0.15) is 5.75 Å². The van der Waals surface area contributed by atoms with Crippen LogP contribution in [0.15, 0.2) is 0 Å². The molecule has 0 spiro atoms. The van der Waals surface area contributed by atoms with Gasteiger partial charge in [-0.1, -0.05) is 6.92 Å². The molecule has 132 valence electrons. The van der Waals surface area contributed by atoms with Crippen molar-refractivity contribution in [1.29, 1.82) is 0 Å². The van der Waals surface area contributed by atoms with Crippen molar-refractivity contribution in [2.24, 2.45) is 11.8 Å². The van der Waals surface area contributed by atoms with Crippen molar-refractivity contribution in [1.82, 2.24) is 10.0 Å². The normalized spacial score (nSPS) is 31.7. The molecule has 0 aromatic carbocycles. The largest absolute Gasteiger partial charge is 0.481 e. The van der Waals surface area contributed by atoms with Gasteiger partial charge >= 0.3 is 5.97 Å². The first-order valence-corrected chi connectivity index (χ1v) is 9.92. The van der Waals surface area contributed by atoms with Crippen LogP contribution in [-0.4, -0.2) is 43.2 Å². The summed E-state index contributed by atoms with van der Waals surface area (Å²) >= 11 is 0. The fraction of sp³-hybridized carbons (Fsp3) is 0.867. The van der Waals surface area contributed by atoms with E-state index in [0.29, 0.717) is 25.2 Å². The highest BCUT2D eigenvalue weighted by atomic mass is 32.2. The van der Waals surface area contributed by atoms with Gasteiger partial charge in [0, 0.05) is 12.1 Å². The SMILES string of the molecule is CC1CCC(NS(=O)(=O)CC(=O)N[C@H]2CC[C@@H](C(=O)O)C2)CC1. The average Bonchev–Trinajstić information content (AvgIpc) is 2.89. The number of carboxylic acid groups (broad SMARTS) is 1. The molecule has 8 heteroatoms. The number of carbonyl (C=O) groups is 2. The minimum absolute atomic E-state index is 0.0770. The maximum absolute atomic E-state index is 12.1. The molecule has 0 heterocycles. The summed E-state index contributed by atoms with van der Waals surface area (Å²) in [5.74, 6) is -1.82. The van der Waals surface area contributed by atoms with E-state index in [2.05, 4.69) is 17.0 Å². The number of carbonyl (C=O) groups excluding carboxylic acids is 1. The van der Waals surface area contributed by atoms with E-state index in [1.807, 2.05) is 0 Å². The van der Waals surface area contributed by atoms with E-state index in [0.717, 1.165) is 25.7 Å². The van der Waals surface area contributed by atoms with Crippen LogP contribution < -0.4 is 10.0 Å². The lowest BCUT2D eigenvalue weighted by Gasteiger charge is -2.26. The van der Waals surface area contributed by atoms with Gasteiger partial charge in [-0.2, -0.15) is 0 Å². The standard InChI is InChI=1S/C15H26N2O5S/c1-10-2-5-12(6-3-10)17-23(21,22)9-14(18)16-13-7-4-11(8-13)15(19)20/h10-13,17H,2-9H2,1H3,(H,16,18)(H,19,20)/t10?,11-,12?,13+/m1/s1. The van der Waals surface area contributed by atoms with Gasteiger partial charge < -0.3 is 10.4 Å². The Morgan fingerprint density at radius 1 is 1.04 bits per heavy atom. The van der Waals surface area contributed by atoms with Crippen LogP contribution in [0.5, 0.6) is 0 Å². The van der Waals surface area contributed by atoms with Gasteiger partial charge in [0.15, 0.2) is 0 Å². The summed E-state index contributed by atoms with van der Waals surface area (Å²) in [6.45, 7) is 2.16. The molecule has 2 rings (SSSR count). The summed E-state index contributed by atoms with van der Waals surface area (Å²) in [6.07, 6.45) is 5.09. The second-order valence-corrected chi connectivity index (χ2v) is 8.70. The fourth-order valence-electron chi connectivity index (χ4n) is 3.45. The number of hydrogen-bond acceptors (Lipinski definition) is 4. The molecule has 0 bridgehead atoms. The van der Waals surface area contributed by atoms with E-state index in [1.54, 1.807) is 0 Å². The van der Waals surface area contributed by atoms with Crippen molar-refractivity contribution in [2.75, 3.05) is 5.75 Å². The van der Waals surface area contributed by atoms with Gasteiger partial charge in [0.2, 0.25) is 15.9 Å². The highest BCUT2D eigenvalue weighted by molar-refractivity contribution is 7.90. The Balaban J connectivity index is 1.76. The zero-order valence-electron chi connectivity index (χ0n) is 13.5. The molecule has 2 aliphatic rings. The molecule has 2 saturated carbocycles. The van der Waals surface area contributed by atoms with E-state index in [-0.39, 0.29) is 12.1 Å². The van der Waals surface area contributed by atoms with Gasteiger partial charge in [-0.05, 0) is 50.9 Å². The molecule has 0 saturated heterocycles. The first-order chi connectivity index (χ1) is 10.7. The van der Waals surface area contributed by atoms with E-state index in [4.69, 9.17) is 5.11 Å². The van der Waals surface area contributed by atoms with Crippen LogP contribution in [0, 0.1) is 11.8 Å². The molecule has 0 radical (unpaired) electrons. The Labute approximate surface area is 137 Å². The summed E-state index contributed by atoms with van der Waals surface area (Å²) in [7, 11) is -3.65. The van der Waals surface area contributed by atoms with E-state index in [9.17, 15) is 18.0 Å². The Bertz CT molecular complexity index is 540. The minimum atomic E-state index is -3.65. The molecule has 0 aromatic heterocycles. The van der Waals surface area contributed by atoms with Crippen molar-refractivity contribution in [3.63, 3.8) is 0 Å². The highest BCUT2D eigenvalue weighted by Gasteiger charge is 2.31. The summed E-state index contributed by atoms with van der Waals surface area (Å²) < 4.78 is 26.8. The first kappa shape index (κ1) is 18.2. The van der Waals surface area contributed by atoms with Gasteiger partial charge in [0.05, 0.1) is 5.92 Å². The van der Waals surface area contributed by atoms with Crippen molar-refractivity contribution in [3.8, 4) is 0 Å². The number of carboxylic acids is 1. The molecular weight excluding hydrogens is 320 g/mol. The summed E-state index contributed by atoms with van der Waals surface area (Å²) in [5.41, 5.74) is 0. The summed E-state index contributed by atoms with van der Waals surface area (Å²) in [4.78, 5) is 22.8. The quantitative estimate of drug-likeness (QED) is 0.660. The number of rotatable bonds is 6. The van der Waals surface area contributed by atoms with Crippen LogP contribution in [0.3, 0.4) is 0 Å². The third-order valence-corrected chi connectivity index (χ3v) is 6.16. The Morgan fingerprint density at radius 3 is 2.22 bits per heavy atom. The topological polar surface area (TPSA) is 113 Å². The van der Waals surface area contributed by atoms with E-state index in [1.165, 1.54) is 0 Å². The number of sulfonamides is 1. The van der Waals surface area contributed by atoms with E-state index < -0.39 is 33.6 Å². The molecule has 2 aliphatic carbocycles. The fourth-order valence-corrected chi connectivity index (χ4v) is 4.71. The van der Waals surface area contributed by atoms with Gasteiger partial charge in [-0.25, -0.2) is 13.1 Å². The molecule has 0 aliphatic heterocycles. The summed E-state index contributed by atoms with van der Waals surface area (Å²) in [6, 6.07) is -0.318. The number of amides is 1. The van der Waals surface area contributed by atoms with Crippen LogP contribution in [0.4, 0.5) is 0 Å². The maximum Gasteiger partial charge on any atom is 0.306 e. The lowest BCUT2D eigenvalue weighted by atomic mass is 9.88. The van der Waals surface area contributed by atoms with Crippen LogP contribution in [0.2, 0.25) is 0 Å². The van der Waals surface area contributed by atoms with Crippen molar-refractivity contribution < 1.29 is 23.1 Å². The molecular formula is C15H26N2O5S. The van der Waals surface area contributed by atoms with Crippen molar-refractivity contribution in [3.05, 3.63) is 0 Å². The molecule has 2 fully saturated rings. The number of nitrogens with one attached hydrogen (secondary N) is 2. The van der Waals surface area contributed by atoms with Gasteiger partial charge in [-0.3, -0.25) is 9.59 Å². The smallest absolute Gasteiger partial charge is 0.306 e. The predicted octanol–water partition coefficient (Wildman–Crippen LogP) is 0.854. The Morgan fingerprint density at radius 2 is 1.65 bits per heavy atom. The van der Waals surface area contributed by atoms with Crippen LogP contribution in [0.25, 0.3) is 0 Å². The van der Waals surface area contributed by atoms with E-state index >= 15 is 0 Å². The minimum Gasteiger partial charge on any atom is -0.481 e. The zero-order valence-corrected chi connectivity index (χ0v) is 14.3. The third kappa shape index (κ3) is 5.76. The molecule has 23 heavy (non-hydrogen) atoms. The predicted molar refractivity (Wildman–Crippen MR) is 85.3 cm³/mol. The first-order valence-electron chi connectivity index (χ1n) is 8.27. The second kappa shape index (κ2) is 7.61. The zero-order chi connectivity index (χ0) is 17.0. The maximum atomic E-state index is 12.1. The van der Waals surface area contributed by atoms with Crippen LogP contribution in [-0.2, 0) is 19.6 Å². The molecule has 0 unspecified atom stereocenters. The van der Waals surface area contributed by atoms with Crippen LogP contribution >= 0.6 is 0 Å². The molecule has 3 N–H and O–H groups in total. The molecule has 0 aromatic rings. The van der Waals surface area contributed by atoms with Crippen LogP contribution in [0.1, 0.15) is 51.9 Å². The number of hydrogen-bond donors (Lipinski definition) is 3. The monoisotopic (exact) mass is 346 g/mol. The van der Waals surface area contributed by atoms with Gasteiger partial charge in [-0.15, -0.1) is 0 Å². The van der Waals surface area contributed by atoms with Gasteiger partial charge in [0.25, 0.3) is 0 Å². The number of aliphatic carboxylic acids is 1. The molecule has 2 atom stereocenters. The van der Waals surface area contributed by atoms with Crippen molar-refractivity contribution in [2.45, 2.75) is 64.0 Å². The second-order valence-electron chi connectivity index (χ2n) is 6.95. The lowest BCUT2D eigenvalue weighted by Crippen LogP contribution is -2.44.